The van der Waals surface area contributed by atoms with Gasteiger partial charge < -0.3 is 5.32 Å². The van der Waals surface area contributed by atoms with Gasteiger partial charge >= 0.3 is 0 Å². The molecule has 1 aromatic carbocycles. The summed E-state index contributed by atoms with van der Waals surface area (Å²) in [6.07, 6.45) is 4.35. The Labute approximate surface area is 85.3 Å². The first-order chi connectivity index (χ1) is 6.86. The minimum atomic E-state index is 0.623. The number of hydrogen-bond donors (Lipinski definition) is 1. The zero-order valence-corrected chi connectivity index (χ0v) is 8.62. The molecule has 0 spiro atoms. The van der Waals surface area contributed by atoms with Gasteiger partial charge in [0.1, 0.15) is 0 Å². The fourth-order valence-corrected chi connectivity index (χ4v) is 1.36. The van der Waals surface area contributed by atoms with Crippen LogP contribution in [0.25, 0.3) is 0 Å². The number of nitrogens with one attached hydrogen (secondary N) is 1. The van der Waals surface area contributed by atoms with E-state index in [1.165, 1.54) is 18.4 Å². The van der Waals surface area contributed by atoms with Crippen molar-refractivity contribution < 1.29 is 4.79 Å². The predicted octanol–water partition coefficient (Wildman–Crippen LogP) is 2.28. The van der Waals surface area contributed by atoms with Gasteiger partial charge in [-0.25, -0.2) is 0 Å². The summed E-state index contributed by atoms with van der Waals surface area (Å²) in [5.41, 5.74) is 2.53. The molecule has 1 amide bonds. The maximum atomic E-state index is 10.1. The highest BCUT2D eigenvalue weighted by molar-refractivity contribution is 5.46. The third-order valence-corrected chi connectivity index (χ3v) is 2.23. The van der Waals surface area contributed by atoms with E-state index < -0.39 is 0 Å². The van der Waals surface area contributed by atoms with Gasteiger partial charge in [-0.05, 0) is 24.0 Å². The Balaban J connectivity index is 2.46. The van der Waals surface area contributed by atoms with E-state index in [1.54, 1.807) is 0 Å². The molecule has 0 unspecified atom stereocenters. The lowest BCUT2D eigenvalue weighted by Gasteiger charge is -2.02. The molecule has 0 atom stereocenters. The Morgan fingerprint density at radius 3 is 2.43 bits per heavy atom. The molecule has 0 aliphatic rings. The molecule has 0 heterocycles. The van der Waals surface area contributed by atoms with Gasteiger partial charge in [0.25, 0.3) is 0 Å². The molecule has 0 fully saturated rings. The van der Waals surface area contributed by atoms with Gasteiger partial charge in [-0.1, -0.05) is 37.6 Å². The van der Waals surface area contributed by atoms with Crippen LogP contribution in [0, 0.1) is 0 Å². The molecule has 2 nitrogen and oxygen atoms in total. The summed E-state index contributed by atoms with van der Waals surface area (Å²) in [7, 11) is 0. The SMILES string of the molecule is CCCCc1ccc(CNC=O)cc1. The molecule has 14 heavy (non-hydrogen) atoms. The highest BCUT2D eigenvalue weighted by Crippen LogP contribution is 2.07. The molecule has 1 aromatic rings. The quantitative estimate of drug-likeness (QED) is 0.687. The van der Waals surface area contributed by atoms with E-state index in [1.807, 2.05) is 0 Å². The van der Waals surface area contributed by atoms with Crippen molar-refractivity contribution in [1.82, 2.24) is 5.32 Å². The fraction of sp³-hybridized carbons (Fsp3) is 0.417. The molecule has 0 saturated carbocycles. The zero-order chi connectivity index (χ0) is 10.2. The van der Waals surface area contributed by atoms with Crippen molar-refractivity contribution in [3.8, 4) is 0 Å². The minimum Gasteiger partial charge on any atom is -0.355 e. The normalized spacial score (nSPS) is 9.79. The van der Waals surface area contributed by atoms with E-state index in [2.05, 4.69) is 36.5 Å². The number of aryl methyl sites for hydroxylation is 1. The summed E-state index contributed by atoms with van der Waals surface area (Å²) in [5, 5.41) is 2.65. The second-order valence-electron chi connectivity index (χ2n) is 3.42. The first-order valence-electron chi connectivity index (χ1n) is 5.11. The standard InChI is InChI=1S/C12H17NO/c1-2-3-4-11-5-7-12(8-6-11)9-13-10-14/h5-8,10H,2-4,9H2,1H3,(H,13,14). The van der Waals surface area contributed by atoms with Crippen LogP contribution in [0.1, 0.15) is 30.9 Å². The van der Waals surface area contributed by atoms with Crippen LogP contribution in [0.2, 0.25) is 0 Å². The van der Waals surface area contributed by atoms with Gasteiger partial charge in [0, 0.05) is 6.54 Å². The molecule has 0 aliphatic carbocycles. The summed E-state index contributed by atoms with van der Waals surface area (Å²) < 4.78 is 0. The Kier molecular flexibility index (Phi) is 4.76. The van der Waals surface area contributed by atoms with Crippen LogP contribution in [-0.4, -0.2) is 6.41 Å². The van der Waals surface area contributed by atoms with E-state index in [0.29, 0.717) is 6.54 Å². The van der Waals surface area contributed by atoms with Crippen molar-refractivity contribution in [2.45, 2.75) is 32.7 Å². The molecule has 1 N–H and O–H groups in total. The topological polar surface area (TPSA) is 29.1 Å². The monoisotopic (exact) mass is 191 g/mol. The second kappa shape index (κ2) is 6.19. The largest absolute Gasteiger partial charge is 0.355 e. The average molecular weight is 191 g/mol. The molecule has 0 aliphatic heterocycles. The number of carbonyl (C=O) groups excluding carboxylic acids is 1. The average Bonchev–Trinajstić information content (AvgIpc) is 2.25. The Hall–Kier alpha value is -1.31. The van der Waals surface area contributed by atoms with Gasteiger partial charge in [-0.3, -0.25) is 4.79 Å². The maximum Gasteiger partial charge on any atom is 0.207 e. The molecule has 0 radical (unpaired) electrons. The number of rotatable bonds is 6. The summed E-state index contributed by atoms with van der Waals surface area (Å²) >= 11 is 0. The molecule has 2 heteroatoms. The number of hydrogen-bond acceptors (Lipinski definition) is 1. The van der Waals surface area contributed by atoms with E-state index >= 15 is 0 Å². The number of benzene rings is 1. The van der Waals surface area contributed by atoms with Gasteiger partial charge in [-0.15, -0.1) is 0 Å². The first kappa shape index (κ1) is 10.8. The first-order valence-corrected chi connectivity index (χ1v) is 5.11. The summed E-state index contributed by atoms with van der Waals surface area (Å²) in [6, 6.07) is 8.41. The van der Waals surface area contributed by atoms with Crippen LogP contribution in [0.3, 0.4) is 0 Å². The Morgan fingerprint density at radius 2 is 1.86 bits per heavy atom. The highest BCUT2D eigenvalue weighted by atomic mass is 16.1. The third-order valence-electron chi connectivity index (χ3n) is 2.23. The molecule has 0 aromatic heterocycles. The minimum absolute atomic E-state index is 0.623. The lowest BCUT2D eigenvalue weighted by molar-refractivity contribution is -0.109. The van der Waals surface area contributed by atoms with Crippen LogP contribution in [0.5, 0.6) is 0 Å². The van der Waals surface area contributed by atoms with Crippen molar-refractivity contribution in [1.29, 1.82) is 0 Å². The number of carbonyl (C=O) groups is 1. The van der Waals surface area contributed by atoms with Gasteiger partial charge in [-0.2, -0.15) is 0 Å². The smallest absolute Gasteiger partial charge is 0.207 e. The lowest BCUT2D eigenvalue weighted by atomic mass is 10.1. The van der Waals surface area contributed by atoms with Crippen molar-refractivity contribution in [2.24, 2.45) is 0 Å². The Morgan fingerprint density at radius 1 is 1.21 bits per heavy atom. The second-order valence-corrected chi connectivity index (χ2v) is 3.42. The molecule has 1 rings (SSSR count). The molecule has 0 bridgehead atoms. The van der Waals surface area contributed by atoms with Crippen molar-refractivity contribution in [3.05, 3.63) is 35.4 Å². The van der Waals surface area contributed by atoms with Crippen molar-refractivity contribution >= 4 is 6.41 Å². The molecule has 0 saturated heterocycles. The molecule has 76 valence electrons. The number of amides is 1. The Bertz CT molecular complexity index is 266. The summed E-state index contributed by atoms with van der Waals surface area (Å²) in [6.45, 7) is 2.82. The predicted molar refractivity (Wildman–Crippen MR) is 58.0 cm³/mol. The molecular weight excluding hydrogens is 174 g/mol. The van der Waals surface area contributed by atoms with E-state index in [9.17, 15) is 4.79 Å². The van der Waals surface area contributed by atoms with Gasteiger partial charge in [0.05, 0.1) is 0 Å². The van der Waals surface area contributed by atoms with Crippen molar-refractivity contribution in [2.75, 3.05) is 0 Å². The van der Waals surface area contributed by atoms with Crippen LogP contribution in [0.4, 0.5) is 0 Å². The van der Waals surface area contributed by atoms with Crippen LogP contribution in [-0.2, 0) is 17.8 Å². The summed E-state index contributed by atoms with van der Waals surface area (Å²) in [5.74, 6) is 0. The lowest BCUT2D eigenvalue weighted by Crippen LogP contribution is -2.09. The van der Waals surface area contributed by atoms with Crippen molar-refractivity contribution in [3.63, 3.8) is 0 Å². The number of unbranched alkanes of at least 4 members (excludes halogenated alkanes) is 1. The fourth-order valence-electron chi connectivity index (χ4n) is 1.36. The van der Waals surface area contributed by atoms with Crippen LogP contribution in [0.15, 0.2) is 24.3 Å². The van der Waals surface area contributed by atoms with Gasteiger partial charge in [0.2, 0.25) is 6.41 Å². The summed E-state index contributed by atoms with van der Waals surface area (Å²) in [4.78, 5) is 10.1. The zero-order valence-electron chi connectivity index (χ0n) is 8.62. The van der Waals surface area contributed by atoms with Crippen LogP contribution < -0.4 is 5.32 Å². The highest BCUT2D eigenvalue weighted by Gasteiger charge is 1.93. The van der Waals surface area contributed by atoms with Crippen LogP contribution >= 0.6 is 0 Å². The van der Waals surface area contributed by atoms with E-state index in [4.69, 9.17) is 0 Å². The maximum absolute atomic E-state index is 10.1. The molecular formula is C12H17NO. The van der Waals surface area contributed by atoms with E-state index in [-0.39, 0.29) is 0 Å². The third kappa shape index (κ3) is 3.60. The van der Waals surface area contributed by atoms with Gasteiger partial charge in [0.15, 0.2) is 0 Å². The van der Waals surface area contributed by atoms with E-state index in [0.717, 1.165) is 18.4 Å².